The Balaban J connectivity index is 1.17. The van der Waals surface area contributed by atoms with Crippen molar-refractivity contribution in [3.63, 3.8) is 0 Å². The number of fused-ring (bicyclic) bond motifs is 1. The Kier molecular flexibility index (Phi) is 5.27. The first-order valence-corrected chi connectivity index (χ1v) is 10.9. The molecule has 1 aliphatic carbocycles. The number of para-hydroxylation sites is 2. The van der Waals surface area contributed by atoms with Crippen molar-refractivity contribution in [2.24, 2.45) is 0 Å². The molecule has 1 saturated carbocycles. The number of carbonyl (C=O) groups excluding carboxylic acids is 1. The largest absolute Gasteiger partial charge is 0.486 e. The van der Waals surface area contributed by atoms with Crippen molar-refractivity contribution in [1.82, 2.24) is 25.1 Å². The first kappa shape index (κ1) is 18.9. The Morgan fingerprint density at radius 2 is 1.93 bits per heavy atom. The SMILES string of the molecule is O=C(CSc1nnc(-c2ccncc2)n1C1CC1)NC[C@@H]1COc2ccccc2O1. The fourth-order valence-electron chi connectivity index (χ4n) is 3.31. The average molecular weight is 423 g/mol. The molecule has 1 N–H and O–H groups in total. The predicted octanol–water partition coefficient (Wildman–Crippen LogP) is 2.72. The third-order valence-electron chi connectivity index (χ3n) is 4.94. The number of rotatable bonds is 7. The van der Waals surface area contributed by atoms with Crippen molar-refractivity contribution in [1.29, 1.82) is 0 Å². The summed E-state index contributed by atoms with van der Waals surface area (Å²) in [6, 6.07) is 11.8. The topological polar surface area (TPSA) is 91.2 Å². The monoisotopic (exact) mass is 423 g/mol. The molecule has 0 unspecified atom stereocenters. The fourth-order valence-corrected chi connectivity index (χ4v) is 4.14. The Hall–Kier alpha value is -3.07. The summed E-state index contributed by atoms with van der Waals surface area (Å²) in [5, 5.41) is 12.4. The summed E-state index contributed by atoms with van der Waals surface area (Å²) in [5.41, 5.74) is 0.982. The molecule has 1 fully saturated rings. The average Bonchev–Trinajstić information content (AvgIpc) is 3.55. The van der Waals surface area contributed by atoms with Crippen LogP contribution in [-0.4, -0.2) is 50.7 Å². The van der Waals surface area contributed by atoms with Crippen molar-refractivity contribution < 1.29 is 14.3 Å². The molecule has 8 nitrogen and oxygen atoms in total. The van der Waals surface area contributed by atoms with Crippen LogP contribution < -0.4 is 14.8 Å². The normalized spacial score (nSPS) is 17.5. The summed E-state index contributed by atoms with van der Waals surface area (Å²) in [4.78, 5) is 16.4. The second kappa shape index (κ2) is 8.35. The van der Waals surface area contributed by atoms with Crippen LogP contribution in [0.25, 0.3) is 11.4 Å². The first-order chi connectivity index (χ1) is 14.8. The molecule has 2 aliphatic rings. The number of nitrogens with zero attached hydrogens (tertiary/aromatic N) is 4. The van der Waals surface area contributed by atoms with Gasteiger partial charge in [0.2, 0.25) is 5.91 Å². The van der Waals surface area contributed by atoms with E-state index < -0.39 is 0 Å². The Morgan fingerprint density at radius 3 is 2.73 bits per heavy atom. The van der Waals surface area contributed by atoms with E-state index in [1.807, 2.05) is 36.4 Å². The molecule has 1 amide bonds. The van der Waals surface area contributed by atoms with Crippen LogP contribution in [0.3, 0.4) is 0 Å². The molecule has 0 saturated heterocycles. The highest BCUT2D eigenvalue weighted by atomic mass is 32.2. The van der Waals surface area contributed by atoms with Crippen molar-refractivity contribution in [3.8, 4) is 22.9 Å². The van der Waals surface area contributed by atoms with Gasteiger partial charge in [0, 0.05) is 24.0 Å². The summed E-state index contributed by atoms with van der Waals surface area (Å²) < 4.78 is 13.7. The highest BCUT2D eigenvalue weighted by molar-refractivity contribution is 7.99. The van der Waals surface area contributed by atoms with Crippen LogP contribution in [0.15, 0.2) is 53.9 Å². The molecule has 0 spiro atoms. The van der Waals surface area contributed by atoms with Crippen LogP contribution in [0, 0.1) is 0 Å². The Labute approximate surface area is 178 Å². The van der Waals surface area contributed by atoms with Gasteiger partial charge in [0.15, 0.2) is 22.5 Å². The highest BCUT2D eigenvalue weighted by Gasteiger charge is 2.30. The molecule has 154 valence electrons. The lowest BCUT2D eigenvalue weighted by molar-refractivity contribution is -0.119. The second-order valence-electron chi connectivity index (χ2n) is 7.23. The van der Waals surface area contributed by atoms with Gasteiger partial charge >= 0.3 is 0 Å². The van der Waals surface area contributed by atoms with Crippen molar-refractivity contribution >= 4 is 17.7 Å². The minimum absolute atomic E-state index is 0.0710. The molecule has 1 aliphatic heterocycles. The molecule has 5 rings (SSSR count). The summed E-state index contributed by atoms with van der Waals surface area (Å²) in [6.45, 7) is 0.807. The maximum atomic E-state index is 12.4. The second-order valence-corrected chi connectivity index (χ2v) is 8.18. The third kappa shape index (κ3) is 4.11. The maximum absolute atomic E-state index is 12.4. The number of ether oxygens (including phenoxy) is 2. The van der Waals surface area contributed by atoms with E-state index in [4.69, 9.17) is 9.47 Å². The molecule has 0 radical (unpaired) electrons. The van der Waals surface area contributed by atoms with Gasteiger partial charge in [0.25, 0.3) is 0 Å². The van der Waals surface area contributed by atoms with Crippen LogP contribution in [0.1, 0.15) is 18.9 Å². The standard InChI is InChI=1S/C21H21N5O3S/c27-19(23-11-16-12-28-17-3-1-2-4-18(17)29-16)13-30-21-25-24-20(26(21)15-5-6-15)14-7-9-22-10-8-14/h1-4,7-10,15-16H,5-6,11-13H2,(H,23,27)/t16-/m1/s1. The lowest BCUT2D eigenvalue weighted by Crippen LogP contribution is -2.41. The smallest absolute Gasteiger partial charge is 0.230 e. The first-order valence-electron chi connectivity index (χ1n) is 9.91. The summed E-state index contributed by atoms with van der Waals surface area (Å²) in [6.07, 6.45) is 5.50. The summed E-state index contributed by atoms with van der Waals surface area (Å²) >= 11 is 1.40. The number of amides is 1. The van der Waals surface area contributed by atoms with E-state index in [2.05, 4.69) is 25.1 Å². The van der Waals surface area contributed by atoms with Gasteiger partial charge in [-0.25, -0.2) is 0 Å². The summed E-state index contributed by atoms with van der Waals surface area (Å²) in [5.74, 6) is 2.47. The van der Waals surface area contributed by atoms with E-state index in [-0.39, 0.29) is 17.8 Å². The van der Waals surface area contributed by atoms with Gasteiger partial charge in [-0.05, 0) is 37.1 Å². The fraction of sp³-hybridized carbons (Fsp3) is 0.333. The van der Waals surface area contributed by atoms with Crippen molar-refractivity contribution in [3.05, 3.63) is 48.8 Å². The zero-order chi connectivity index (χ0) is 20.3. The Morgan fingerprint density at radius 1 is 1.13 bits per heavy atom. The number of hydrogen-bond acceptors (Lipinski definition) is 7. The highest BCUT2D eigenvalue weighted by Crippen LogP contribution is 2.41. The number of pyridine rings is 1. The number of nitrogens with one attached hydrogen (secondary N) is 1. The van der Waals surface area contributed by atoms with E-state index in [1.165, 1.54) is 11.8 Å². The number of thioether (sulfide) groups is 1. The lowest BCUT2D eigenvalue weighted by Gasteiger charge is -2.26. The summed E-state index contributed by atoms with van der Waals surface area (Å²) in [7, 11) is 0. The molecular formula is C21H21N5O3S. The van der Waals surface area contributed by atoms with Crippen LogP contribution in [0.4, 0.5) is 0 Å². The van der Waals surface area contributed by atoms with Gasteiger partial charge in [-0.15, -0.1) is 10.2 Å². The van der Waals surface area contributed by atoms with E-state index in [1.54, 1.807) is 12.4 Å². The molecule has 30 heavy (non-hydrogen) atoms. The maximum Gasteiger partial charge on any atom is 0.230 e. The van der Waals surface area contributed by atoms with Gasteiger partial charge < -0.3 is 14.8 Å². The van der Waals surface area contributed by atoms with Gasteiger partial charge in [0.1, 0.15) is 12.7 Å². The quantitative estimate of drug-likeness (QED) is 0.584. The molecule has 1 aromatic carbocycles. The van der Waals surface area contributed by atoms with E-state index in [0.717, 1.165) is 35.1 Å². The molecule has 1 atom stereocenters. The minimum atomic E-state index is -0.206. The lowest BCUT2D eigenvalue weighted by atomic mass is 10.2. The van der Waals surface area contributed by atoms with Crippen molar-refractivity contribution in [2.75, 3.05) is 18.9 Å². The van der Waals surface area contributed by atoms with Gasteiger partial charge in [-0.3, -0.25) is 14.3 Å². The zero-order valence-corrected chi connectivity index (χ0v) is 17.0. The molecule has 3 heterocycles. The molecular weight excluding hydrogens is 402 g/mol. The van der Waals surface area contributed by atoms with E-state index in [0.29, 0.717) is 24.9 Å². The number of aromatic nitrogens is 4. The molecule has 2 aromatic heterocycles. The Bertz CT molecular complexity index is 1040. The van der Waals surface area contributed by atoms with Gasteiger partial charge in [0.05, 0.1) is 12.3 Å². The van der Waals surface area contributed by atoms with E-state index >= 15 is 0 Å². The van der Waals surface area contributed by atoms with Crippen LogP contribution in [0.5, 0.6) is 11.5 Å². The third-order valence-corrected chi connectivity index (χ3v) is 5.88. The molecule has 0 bridgehead atoms. The minimum Gasteiger partial charge on any atom is -0.486 e. The van der Waals surface area contributed by atoms with E-state index in [9.17, 15) is 4.79 Å². The number of hydrogen-bond donors (Lipinski definition) is 1. The zero-order valence-electron chi connectivity index (χ0n) is 16.2. The molecule has 3 aromatic rings. The number of benzene rings is 1. The predicted molar refractivity (Wildman–Crippen MR) is 112 cm³/mol. The van der Waals surface area contributed by atoms with Crippen molar-refractivity contribution in [2.45, 2.75) is 30.1 Å². The molecule has 9 heteroatoms. The van der Waals surface area contributed by atoms with Gasteiger partial charge in [-0.2, -0.15) is 0 Å². The van der Waals surface area contributed by atoms with Crippen LogP contribution in [0.2, 0.25) is 0 Å². The van der Waals surface area contributed by atoms with Crippen LogP contribution in [-0.2, 0) is 4.79 Å². The van der Waals surface area contributed by atoms with Crippen LogP contribution >= 0.6 is 11.8 Å². The number of carbonyl (C=O) groups is 1. The van der Waals surface area contributed by atoms with Gasteiger partial charge in [-0.1, -0.05) is 23.9 Å².